The smallest absolute Gasteiger partial charge is 0.161 e. The van der Waals surface area contributed by atoms with E-state index in [9.17, 15) is 15.0 Å². The predicted octanol–water partition coefficient (Wildman–Crippen LogP) is 3.96. The molecule has 0 unspecified atom stereocenters. The maximum absolute atomic E-state index is 12.4. The molecule has 5 saturated carbocycles. The normalized spacial score (nSPS) is 50.0. The van der Waals surface area contributed by atoms with Gasteiger partial charge < -0.3 is 10.2 Å². The van der Waals surface area contributed by atoms with Gasteiger partial charge in [-0.15, -0.1) is 0 Å². The summed E-state index contributed by atoms with van der Waals surface area (Å²) in [7, 11) is 0. The molecule has 0 aliphatic heterocycles. The molecule has 2 N–H and O–H groups in total. The molecule has 8 atom stereocenters. The van der Waals surface area contributed by atoms with Gasteiger partial charge in [0.25, 0.3) is 0 Å². The Morgan fingerprint density at radius 1 is 0.964 bits per heavy atom. The largest absolute Gasteiger partial charge is 0.389 e. The van der Waals surface area contributed by atoms with E-state index >= 15 is 0 Å². The summed E-state index contributed by atoms with van der Waals surface area (Å²) in [4.78, 5) is 12.4. The molecular weight excluding hydrogens is 348 g/mol. The third-order valence-corrected chi connectivity index (χ3v) is 9.64. The first-order chi connectivity index (χ1) is 13.4. The van der Waals surface area contributed by atoms with Crippen LogP contribution in [0.4, 0.5) is 0 Å². The van der Waals surface area contributed by atoms with Crippen LogP contribution in [0.15, 0.2) is 0 Å². The van der Waals surface area contributed by atoms with Crippen molar-refractivity contribution in [2.45, 2.75) is 83.2 Å². The van der Waals surface area contributed by atoms with Gasteiger partial charge >= 0.3 is 0 Å². The van der Waals surface area contributed by atoms with Crippen molar-refractivity contribution in [3.05, 3.63) is 0 Å². The Bertz CT molecular complexity index is 700. The van der Waals surface area contributed by atoms with Crippen molar-refractivity contribution in [3.8, 4) is 11.8 Å². The van der Waals surface area contributed by atoms with E-state index in [2.05, 4.69) is 18.8 Å². The van der Waals surface area contributed by atoms with Crippen LogP contribution in [0.2, 0.25) is 0 Å². The first kappa shape index (κ1) is 19.1. The maximum Gasteiger partial charge on any atom is 0.161 e. The highest BCUT2D eigenvalue weighted by Gasteiger charge is 2.58. The van der Waals surface area contributed by atoms with E-state index < -0.39 is 5.60 Å². The number of carbonyl (C=O) groups is 1. The van der Waals surface area contributed by atoms with Crippen molar-refractivity contribution in [3.63, 3.8) is 0 Å². The van der Waals surface area contributed by atoms with Gasteiger partial charge in [-0.3, -0.25) is 4.79 Å². The third kappa shape index (κ3) is 3.07. The molecule has 3 nitrogen and oxygen atoms in total. The molecule has 0 heterocycles. The van der Waals surface area contributed by atoms with Crippen molar-refractivity contribution < 1.29 is 15.0 Å². The molecule has 5 rings (SSSR count). The lowest BCUT2D eigenvalue weighted by atomic mass is 9.49. The SMILES string of the molecule is C[C@]12CC[C@H]3[C@@H](CC[C@H]4C[C@@](O)(C#CC5CC5)CC[C@@H]43)[C@@H]1CC[C@@H]2C(=O)CO. The fourth-order valence-corrected chi connectivity index (χ4v) is 8.10. The molecular formula is C25H36O3. The third-order valence-electron chi connectivity index (χ3n) is 9.64. The number of hydrogen-bond donors (Lipinski definition) is 2. The van der Waals surface area contributed by atoms with Gasteiger partial charge in [-0.1, -0.05) is 18.8 Å². The van der Waals surface area contributed by atoms with Crippen molar-refractivity contribution in [1.82, 2.24) is 0 Å². The second-order valence-corrected chi connectivity index (χ2v) is 11.1. The van der Waals surface area contributed by atoms with Crippen LogP contribution in [0.3, 0.4) is 0 Å². The molecule has 28 heavy (non-hydrogen) atoms. The number of hydrogen-bond acceptors (Lipinski definition) is 3. The Morgan fingerprint density at radius 2 is 1.75 bits per heavy atom. The van der Waals surface area contributed by atoms with E-state index in [-0.39, 0.29) is 23.7 Å². The monoisotopic (exact) mass is 384 g/mol. The fraction of sp³-hybridized carbons (Fsp3) is 0.880. The van der Waals surface area contributed by atoms with E-state index in [1.165, 1.54) is 38.5 Å². The van der Waals surface area contributed by atoms with Gasteiger partial charge in [0.15, 0.2) is 5.78 Å². The number of Topliss-reactive ketones (excluding diaryl/α,β-unsaturated/α-hetero) is 1. The topological polar surface area (TPSA) is 57.5 Å². The molecule has 154 valence electrons. The quantitative estimate of drug-likeness (QED) is 0.709. The molecule has 0 aromatic heterocycles. The standard InChI is InChI=1S/C25H36O3/c1-24-11-9-19-18-10-13-25(28,12-8-16-2-3-16)14-17(18)4-5-20(19)21(24)6-7-22(24)23(27)15-26/h16-22,26,28H,2-7,9-11,13-15H2,1H3/t17-,18-,19+,20+,21-,22+,24-,25+/m0/s1. The van der Waals surface area contributed by atoms with Gasteiger partial charge in [-0.25, -0.2) is 0 Å². The highest BCUT2D eigenvalue weighted by atomic mass is 16.3. The lowest BCUT2D eigenvalue weighted by Gasteiger charge is -2.56. The van der Waals surface area contributed by atoms with Gasteiger partial charge in [0, 0.05) is 11.8 Å². The predicted molar refractivity (Wildman–Crippen MR) is 108 cm³/mol. The lowest BCUT2D eigenvalue weighted by molar-refractivity contribution is -0.134. The molecule has 0 saturated heterocycles. The Balaban J connectivity index is 1.31. The Morgan fingerprint density at radius 3 is 2.50 bits per heavy atom. The van der Waals surface area contributed by atoms with Gasteiger partial charge in [-0.2, -0.15) is 0 Å². The summed E-state index contributed by atoms with van der Waals surface area (Å²) in [5, 5.41) is 20.5. The van der Waals surface area contributed by atoms with Crippen LogP contribution in [-0.2, 0) is 4.79 Å². The van der Waals surface area contributed by atoms with Gasteiger partial charge in [0.2, 0.25) is 0 Å². The van der Waals surface area contributed by atoms with Crippen LogP contribution < -0.4 is 0 Å². The number of fused-ring (bicyclic) bond motifs is 5. The van der Waals surface area contributed by atoms with Crippen LogP contribution in [0.5, 0.6) is 0 Å². The van der Waals surface area contributed by atoms with E-state index in [0.29, 0.717) is 17.8 Å². The summed E-state index contributed by atoms with van der Waals surface area (Å²) in [6.07, 6.45) is 12.3. The van der Waals surface area contributed by atoms with E-state index in [0.717, 1.165) is 49.9 Å². The minimum atomic E-state index is -0.730. The number of aliphatic hydroxyl groups is 2. The number of aliphatic hydroxyl groups excluding tert-OH is 1. The highest BCUT2D eigenvalue weighted by Crippen LogP contribution is 2.64. The Kier molecular flexibility index (Phi) is 4.68. The van der Waals surface area contributed by atoms with Crippen LogP contribution in [0.1, 0.15) is 77.6 Å². The zero-order valence-corrected chi connectivity index (χ0v) is 17.3. The van der Waals surface area contributed by atoms with Gasteiger partial charge in [-0.05, 0) is 106 Å². The first-order valence-corrected chi connectivity index (χ1v) is 11.8. The summed E-state index contributed by atoms with van der Waals surface area (Å²) >= 11 is 0. The lowest BCUT2D eigenvalue weighted by Crippen LogP contribution is -2.51. The van der Waals surface area contributed by atoms with Crippen molar-refractivity contribution in [2.75, 3.05) is 6.61 Å². The van der Waals surface area contributed by atoms with Crippen LogP contribution >= 0.6 is 0 Å². The average Bonchev–Trinajstić information content (AvgIpc) is 3.45. The van der Waals surface area contributed by atoms with Crippen LogP contribution in [-0.4, -0.2) is 28.2 Å². The maximum atomic E-state index is 12.4. The first-order valence-electron chi connectivity index (χ1n) is 11.8. The molecule has 0 aromatic rings. The van der Waals surface area contributed by atoms with E-state index in [4.69, 9.17) is 0 Å². The van der Waals surface area contributed by atoms with E-state index in [1.807, 2.05) is 0 Å². The van der Waals surface area contributed by atoms with Crippen molar-refractivity contribution in [1.29, 1.82) is 0 Å². The highest BCUT2D eigenvalue weighted by molar-refractivity contribution is 5.83. The summed E-state index contributed by atoms with van der Waals surface area (Å²) in [6, 6.07) is 0. The van der Waals surface area contributed by atoms with Gasteiger partial charge in [0.1, 0.15) is 12.2 Å². The number of rotatable bonds is 2. The molecule has 0 spiro atoms. The molecule has 5 fully saturated rings. The summed E-state index contributed by atoms with van der Waals surface area (Å²) in [5.74, 6) is 10.9. The second kappa shape index (κ2) is 6.85. The molecule has 0 bridgehead atoms. The number of carbonyl (C=O) groups excluding carboxylic acids is 1. The zero-order chi connectivity index (χ0) is 19.5. The average molecular weight is 385 g/mol. The minimum Gasteiger partial charge on any atom is -0.389 e. The van der Waals surface area contributed by atoms with E-state index in [1.54, 1.807) is 0 Å². The van der Waals surface area contributed by atoms with Crippen LogP contribution in [0, 0.1) is 58.7 Å². The summed E-state index contributed by atoms with van der Waals surface area (Å²) in [6.45, 7) is 2.06. The second-order valence-electron chi connectivity index (χ2n) is 11.1. The summed E-state index contributed by atoms with van der Waals surface area (Å²) in [5.41, 5.74) is -0.620. The fourth-order valence-electron chi connectivity index (χ4n) is 8.10. The molecule has 0 radical (unpaired) electrons. The molecule has 3 heteroatoms. The Labute approximate surface area is 169 Å². The minimum absolute atomic E-state index is 0.0779. The van der Waals surface area contributed by atoms with Crippen molar-refractivity contribution in [2.24, 2.45) is 46.8 Å². The van der Waals surface area contributed by atoms with Crippen LogP contribution in [0.25, 0.3) is 0 Å². The molecule has 0 amide bonds. The van der Waals surface area contributed by atoms with Gasteiger partial charge in [0.05, 0.1) is 0 Å². The molecule has 0 aromatic carbocycles. The Hall–Kier alpha value is -0.850. The molecule has 5 aliphatic carbocycles. The summed E-state index contributed by atoms with van der Waals surface area (Å²) < 4.78 is 0. The molecule has 5 aliphatic rings. The number of ketones is 1. The zero-order valence-electron chi connectivity index (χ0n) is 17.3. The van der Waals surface area contributed by atoms with Crippen molar-refractivity contribution >= 4 is 5.78 Å².